The van der Waals surface area contributed by atoms with Gasteiger partial charge in [-0.15, -0.1) is 0 Å². The molecule has 1 aliphatic rings. The Morgan fingerprint density at radius 3 is 2.39 bits per heavy atom. The minimum Gasteiger partial charge on any atom is -0.481 e. The maximum absolute atomic E-state index is 12.4. The lowest BCUT2D eigenvalue weighted by molar-refractivity contribution is -0.122. The van der Waals surface area contributed by atoms with Gasteiger partial charge >= 0.3 is 0 Å². The summed E-state index contributed by atoms with van der Waals surface area (Å²) in [5.41, 5.74) is 1.13. The van der Waals surface area contributed by atoms with Gasteiger partial charge in [0, 0.05) is 11.6 Å². The second-order valence-corrected chi connectivity index (χ2v) is 7.47. The summed E-state index contributed by atoms with van der Waals surface area (Å²) in [6.45, 7) is 1.66. The number of amides is 2. The number of hydrogen-bond acceptors (Lipinski definition) is 3. The van der Waals surface area contributed by atoms with Gasteiger partial charge in [0.2, 0.25) is 0 Å². The molecule has 2 amide bonds. The molecule has 148 valence electrons. The van der Waals surface area contributed by atoms with Crippen LogP contribution in [0, 0.1) is 0 Å². The van der Waals surface area contributed by atoms with Crippen molar-refractivity contribution < 1.29 is 14.3 Å². The van der Waals surface area contributed by atoms with Crippen molar-refractivity contribution in [2.75, 3.05) is 5.32 Å². The fourth-order valence-corrected chi connectivity index (χ4v) is 3.44. The molecule has 6 heteroatoms. The summed E-state index contributed by atoms with van der Waals surface area (Å²) < 4.78 is 5.69. The Labute approximate surface area is 170 Å². The van der Waals surface area contributed by atoms with Gasteiger partial charge in [0.15, 0.2) is 6.10 Å². The molecule has 0 radical (unpaired) electrons. The summed E-state index contributed by atoms with van der Waals surface area (Å²) in [4.78, 5) is 24.7. The van der Waals surface area contributed by atoms with Gasteiger partial charge in [0.1, 0.15) is 5.75 Å². The molecule has 28 heavy (non-hydrogen) atoms. The highest BCUT2D eigenvalue weighted by Gasteiger charge is 2.18. The summed E-state index contributed by atoms with van der Waals surface area (Å²) in [6.07, 6.45) is 4.98. The molecule has 0 saturated heterocycles. The molecular weight excluding hydrogens is 376 g/mol. The van der Waals surface area contributed by atoms with E-state index in [4.69, 9.17) is 16.3 Å². The van der Waals surface area contributed by atoms with E-state index in [0.29, 0.717) is 22.0 Å². The number of carbonyl (C=O) groups excluding carboxylic acids is 2. The first-order chi connectivity index (χ1) is 13.5. The van der Waals surface area contributed by atoms with Crippen LogP contribution in [0.5, 0.6) is 5.75 Å². The molecule has 0 bridgehead atoms. The quantitative estimate of drug-likeness (QED) is 0.731. The van der Waals surface area contributed by atoms with E-state index in [-0.39, 0.29) is 17.9 Å². The highest BCUT2D eigenvalue weighted by molar-refractivity contribution is 6.33. The summed E-state index contributed by atoms with van der Waals surface area (Å²) in [5.74, 6) is 0.159. The van der Waals surface area contributed by atoms with Crippen molar-refractivity contribution in [1.29, 1.82) is 0 Å². The van der Waals surface area contributed by atoms with Crippen LogP contribution in [-0.4, -0.2) is 24.0 Å². The Morgan fingerprint density at radius 2 is 1.71 bits per heavy atom. The zero-order valence-electron chi connectivity index (χ0n) is 15.9. The number of anilines is 1. The first-order valence-corrected chi connectivity index (χ1v) is 10.0. The smallest absolute Gasteiger partial charge is 0.265 e. The number of para-hydroxylation sites is 1. The molecule has 2 aromatic rings. The van der Waals surface area contributed by atoms with Crippen LogP contribution in [0.1, 0.15) is 49.4 Å². The number of benzene rings is 2. The van der Waals surface area contributed by atoms with Gasteiger partial charge in [-0.05, 0) is 56.2 Å². The van der Waals surface area contributed by atoms with Gasteiger partial charge in [0.25, 0.3) is 11.8 Å². The van der Waals surface area contributed by atoms with E-state index < -0.39 is 6.10 Å². The first-order valence-electron chi connectivity index (χ1n) is 9.66. The molecule has 0 spiro atoms. The monoisotopic (exact) mass is 400 g/mol. The average molecular weight is 401 g/mol. The summed E-state index contributed by atoms with van der Waals surface area (Å²) in [6, 6.07) is 14.1. The molecule has 5 nitrogen and oxygen atoms in total. The largest absolute Gasteiger partial charge is 0.481 e. The van der Waals surface area contributed by atoms with Gasteiger partial charge in [-0.3, -0.25) is 9.59 Å². The molecule has 1 fully saturated rings. The van der Waals surface area contributed by atoms with Crippen molar-refractivity contribution in [3.8, 4) is 5.75 Å². The van der Waals surface area contributed by atoms with Crippen LogP contribution in [0.2, 0.25) is 5.02 Å². The van der Waals surface area contributed by atoms with E-state index >= 15 is 0 Å². The fourth-order valence-electron chi connectivity index (χ4n) is 3.26. The van der Waals surface area contributed by atoms with Crippen LogP contribution in [0.25, 0.3) is 0 Å². The highest BCUT2D eigenvalue weighted by atomic mass is 35.5. The minimum atomic E-state index is -0.710. The number of hydrogen-bond donors (Lipinski definition) is 2. The molecule has 2 N–H and O–H groups in total. The van der Waals surface area contributed by atoms with Crippen LogP contribution in [0.3, 0.4) is 0 Å². The van der Waals surface area contributed by atoms with Gasteiger partial charge in [0.05, 0.1) is 10.7 Å². The Balaban J connectivity index is 1.53. The van der Waals surface area contributed by atoms with Crippen LogP contribution in [-0.2, 0) is 4.79 Å². The highest BCUT2D eigenvalue weighted by Crippen LogP contribution is 2.22. The topological polar surface area (TPSA) is 67.4 Å². The SMILES string of the molecule is C[C@H](Oc1ccc(C(=O)NC2CCCCC2)cc1)C(=O)Nc1ccccc1Cl. The van der Waals surface area contributed by atoms with Crippen molar-refractivity contribution in [3.63, 3.8) is 0 Å². The summed E-state index contributed by atoms with van der Waals surface area (Å²) in [5, 5.41) is 6.30. The molecule has 2 aromatic carbocycles. The maximum atomic E-state index is 12.4. The van der Waals surface area contributed by atoms with Crippen molar-refractivity contribution >= 4 is 29.1 Å². The van der Waals surface area contributed by atoms with E-state index in [2.05, 4.69) is 10.6 Å². The summed E-state index contributed by atoms with van der Waals surface area (Å²) in [7, 11) is 0. The van der Waals surface area contributed by atoms with Crippen molar-refractivity contribution in [2.24, 2.45) is 0 Å². The van der Waals surface area contributed by atoms with E-state index in [1.807, 2.05) is 0 Å². The lowest BCUT2D eigenvalue weighted by Gasteiger charge is -2.22. The zero-order valence-corrected chi connectivity index (χ0v) is 16.7. The predicted molar refractivity (Wildman–Crippen MR) is 111 cm³/mol. The van der Waals surface area contributed by atoms with Crippen LogP contribution in [0.4, 0.5) is 5.69 Å². The minimum absolute atomic E-state index is 0.0667. The lowest BCUT2D eigenvalue weighted by Crippen LogP contribution is -2.36. The third kappa shape index (κ3) is 5.49. The molecule has 3 rings (SSSR count). The Morgan fingerprint density at radius 1 is 1.04 bits per heavy atom. The van der Waals surface area contributed by atoms with Crippen molar-refractivity contribution in [1.82, 2.24) is 5.32 Å². The maximum Gasteiger partial charge on any atom is 0.265 e. The molecule has 0 heterocycles. The third-order valence-electron chi connectivity index (χ3n) is 4.87. The van der Waals surface area contributed by atoms with E-state index in [1.54, 1.807) is 55.5 Å². The molecule has 1 aliphatic carbocycles. The molecular formula is C22H25ClN2O3. The third-order valence-corrected chi connectivity index (χ3v) is 5.20. The normalized spacial score (nSPS) is 15.5. The molecule has 0 unspecified atom stereocenters. The Kier molecular flexibility index (Phi) is 6.93. The lowest BCUT2D eigenvalue weighted by atomic mass is 9.95. The fraction of sp³-hybridized carbons (Fsp3) is 0.364. The van der Waals surface area contributed by atoms with Crippen LogP contribution in [0.15, 0.2) is 48.5 Å². The van der Waals surface area contributed by atoms with E-state index in [9.17, 15) is 9.59 Å². The number of rotatable bonds is 6. The average Bonchev–Trinajstić information content (AvgIpc) is 2.71. The molecule has 1 atom stereocenters. The first kappa shape index (κ1) is 20.2. The molecule has 0 aromatic heterocycles. The van der Waals surface area contributed by atoms with E-state index in [1.165, 1.54) is 19.3 Å². The number of nitrogens with one attached hydrogen (secondary N) is 2. The standard InChI is InChI=1S/C22H25ClN2O3/c1-15(21(26)25-20-10-6-5-9-19(20)23)28-18-13-11-16(12-14-18)22(27)24-17-7-3-2-4-8-17/h5-6,9-15,17H,2-4,7-8H2,1H3,(H,24,27)(H,25,26)/t15-/m0/s1. The van der Waals surface area contributed by atoms with Gasteiger partial charge in [-0.2, -0.15) is 0 Å². The van der Waals surface area contributed by atoms with Crippen LogP contribution >= 0.6 is 11.6 Å². The number of ether oxygens (including phenoxy) is 1. The van der Waals surface area contributed by atoms with E-state index in [0.717, 1.165) is 12.8 Å². The Bertz CT molecular complexity index is 817. The Hall–Kier alpha value is -2.53. The number of carbonyl (C=O) groups is 2. The molecule has 1 saturated carbocycles. The van der Waals surface area contributed by atoms with Crippen molar-refractivity contribution in [3.05, 3.63) is 59.1 Å². The summed E-state index contributed by atoms with van der Waals surface area (Å²) >= 11 is 6.06. The van der Waals surface area contributed by atoms with Crippen molar-refractivity contribution in [2.45, 2.75) is 51.2 Å². The molecule has 0 aliphatic heterocycles. The second-order valence-electron chi connectivity index (χ2n) is 7.06. The predicted octanol–water partition coefficient (Wildman–Crippen LogP) is 4.81. The van der Waals surface area contributed by atoms with Crippen LogP contribution < -0.4 is 15.4 Å². The van der Waals surface area contributed by atoms with Gasteiger partial charge in [-0.25, -0.2) is 0 Å². The number of halogens is 1. The zero-order chi connectivity index (χ0) is 19.9. The second kappa shape index (κ2) is 9.60. The van der Waals surface area contributed by atoms with Gasteiger partial charge in [-0.1, -0.05) is 43.0 Å². The van der Waals surface area contributed by atoms with Gasteiger partial charge < -0.3 is 15.4 Å².